The van der Waals surface area contributed by atoms with Gasteiger partial charge in [-0.15, -0.1) is 10.2 Å². The third-order valence-corrected chi connectivity index (χ3v) is 4.31. The number of esters is 2. The third-order valence-electron chi connectivity index (χ3n) is 4.31. The highest BCUT2D eigenvalue weighted by molar-refractivity contribution is 5.94. The lowest BCUT2D eigenvalue weighted by Crippen LogP contribution is -2.27. The second kappa shape index (κ2) is 8.91. The minimum absolute atomic E-state index is 0.0114. The van der Waals surface area contributed by atoms with Crippen LogP contribution in [0, 0.1) is 0 Å². The number of carbonyl (C=O) groups excluding carboxylic acids is 2. The molecule has 0 aliphatic rings. The summed E-state index contributed by atoms with van der Waals surface area (Å²) in [6, 6.07) is 0. The molecule has 0 saturated carbocycles. The summed E-state index contributed by atoms with van der Waals surface area (Å²) in [6.45, 7) is -0.210. The van der Waals surface area contributed by atoms with Crippen LogP contribution in [0.4, 0.5) is 0 Å². The van der Waals surface area contributed by atoms with Gasteiger partial charge in [-0.2, -0.15) is 9.36 Å². The summed E-state index contributed by atoms with van der Waals surface area (Å²) in [5, 5.41) is 14.7. The van der Waals surface area contributed by atoms with Crippen molar-refractivity contribution in [3.05, 3.63) is 45.0 Å². The Morgan fingerprint density at radius 3 is 1.61 bits per heavy atom. The van der Waals surface area contributed by atoms with E-state index in [1.165, 1.54) is 14.1 Å². The van der Waals surface area contributed by atoms with Crippen LogP contribution in [0.1, 0.15) is 21.0 Å². The van der Waals surface area contributed by atoms with E-state index >= 15 is 0 Å². The zero-order valence-electron chi connectivity index (χ0n) is 17.3. The summed E-state index contributed by atoms with van der Waals surface area (Å²) in [5.74, 6) is -1.59. The predicted molar refractivity (Wildman–Crippen MR) is 103 cm³/mol. The molecule has 0 spiro atoms. The highest BCUT2D eigenvalue weighted by atomic mass is 16.6. The van der Waals surface area contributed by atoms with E-state index in [0.717, 1.165) is 30.8 Å². The molecule has 0 unspecified atom stereocenters. The standard InChI is InChI=1S/C16H16N10O7/c1-23-15(29)25-7-17-9(11(25)19-21-23)13(27)32-5-3-31-4-6-33-14(28)10-12-20-22-24(2)16(30)26(12)8-18-10/h7-8H,3-6H2,1-2H3. The van der Waals surface area contributed by atoms with Crippen LogP contribution >= 0.6 is 0 Å². The lowest BCUT2D eigenvalue weighted by atomic mass is 10.4. The van der Waals surface area contributed by atoms with Gasteiger partial charge in [0.1, 0.15) is 25.9 Å². The summed E-state index contributed by atoms with van der Waals surface area (Å²) in [7, 11) is 2.82. The van der Waals surface area contributed by atoms with Crippen molar-refractivity contribution in [3.63, 3.8) is 0 Å². The first kappa shape index (κ1) is 21.7. The summed E-state index contributed by atoms with van der Waals surface area (Å²) in [5.41, 5.74) is -1.38. The summed E-state index contributed by atoms with van der Waals surface area (Å²) in [6.07, 6.45) is 2.31. The number of rotatable bonds is 8. The number of hydrogen-bond donors (Lipinski definition) is 0. The Morgan fingerprint density at radius 1 is 0.758 bits per heavy atom. The maximum atomic E-state index is 12.1. The lowest BCUT2D eigenvalue weighted by Gasteiger charge is -2.06. The molecule has 0 N–H and O–H groups in total. The maximum Gasteiger partial charge on any atom is 0.361 e. The fraction of sp³-hybridized carbons (Fsp3) is 0.375. The largest absolute Gasteiger partial charge is 0.458 e. The zero-order valence-corrected chi connectivity index (χ0v) is 17.3. The van der Waals surface area contributed by atoms with E-state index in [0.29, 0.717) is 0 Å². The summed E-state index contributed by atoms with van der Waals surface area (Å²) < 4.78 is 19.4. The predicted octanol–water partition coefficient (Wildman–Crippen LogP) is -3.01. The molecule has 4 aromatic heterocycles. The van der Waals surface area contributed by atoms with Gasteiger partial charge in [-0.3, -0.25) is 0 Å². The van der Waals surface area contributed by atoms with Crippen LogP contribution in [0.2, 0.25) is 0 Å². The topological polar surface area (TPSA) is 192 Å². The first-order valence-corrected chi connectivity index (χ1v) is 9.34. The first-order valence-electron chi connectivity index (χ1n) is 9.34. The smallest absolute Gasteiger partial charge is 0.361 e. The van der Waals surface area contributed by atoms with E-state index < -0.39 is 23.3 Å². The molecule has 0 bridgehead atoms. The molecule has 4 rings (SSSR count). The number of imidazole rings is 2. The second-order valence-electron chi connectivity index (χ2n) is 6.45. The van der Waals surface area contributed by atoms with Gasteiger partial charge < -0.3 is 14.2 Å². The molecule has 0 fully saturated rings. The average Bonchev–Trinajstić information content (AvgIpc) is 3.43. The third kappa shape index (κ3) is 4.15. The van der Waals surface area contributed by atoms with Crippen LogP contribution in [0.15, 0.2) is 22.2 Å². The SMILES string of the molecule is Cn1nnc2c(C(=O)OCCOCCOC(=O)c3ncn4c(=O)n(C)nnc34)ncn2c1=O. The fourth-order valence-electron chi connectivity index (χ4n) is 2.68. The van der Waals surface area contributed by atoms with Crippen molar-refractivity contribution >= 4 is 23.2 Å². The Labute approximate surface area is 182 Å². The Kier molecular flexibility index (Phi) is 5.85. The minimum Gasteiger partial charge on any atom is -0.458 e. The molecule has 4 aromatic rings. The summed E-state index contributed by atoms with van der Waals surface area (Å²) in [4.78, 5) is 55.7. The van der Waals surface area contributed by atoms with E-state index in [9.17, 15) is 19.2 Å². The molecule has 0 aliphatic carbocycles. The van der Waals surface area contributed by atoms with Crippen LogP contribution in [-0.4, -0.2) is 87.1 Å². The van der Waals surface area contributed by atoms with Crippen LogP contribution in [-0.2, 0) is 28.3 Å². The monoisotopic (exact) mass is 460 g/mol. The molecule has 4 heterocycles. The van der Waals surface area contributed by atoms with Gasteiger partial charge in [0.2, 0.25) is 0 Å². The Hall–Kier alpha value is -4.54. The minimum atomic E-state index is -0.797. The Balaban J connectivity index is 1.21. The molecule has 0 aliphatic heterocycles. The lowest BCUT2D eigenvalue weighted by molar-refractivity contribution is 0.0148. The van der Waals surface area contributed by atoms with Crippen molar-refractivity contribution in [2.24, 2.45) is 14.1 Å². The summed E-state index contributed by atoms with van der Waals surface area (Å²) >= 11 is 0. The van der Waals surface area contributed by atoms with E-state index in [2.05, 4.69) is 30.6 Å². The molecule has 0 atom stereocenters. The van der Waals surface area contributed by atoms with Crippen LogP contribution in [0.3, 0.4) is 0 Å². The molecule has 0 amide bonds. The maximum absolute atomic E-state index is 12.1. The first-order chi connectivity index (χ1) is 15.9. The number of carbonyl (C=O) groups is 2. The Morgan fingerprint density at radius 2 is 1.18 bits per heavy atom. The number of fused-ring (bicyclic) bond motifs is 2. The van der Waals surface area contributed by atoms with Crippen LogP contribution < -0.4 is 11.4 Å². The van der Waals surface area contributed by atoms with E-state index in [4.69, 9.17) is 14.2 Å². The molecule has 0 radical (unpaired) electrons. The highest BCUT2D eigenvalue weighted by Gasteiger charge is 2.19. The van der Waals surface area contributed by atoms with Crippen molar-refractivity contribution in [1.29, 1.82) is 0 Å². The number of ether oxygens (including phenoxy) is 3. The average molecular weight is 460 g/mol. The second-order valence-corrected chi connectivity index (χ2v) is 6.45. The van der Waals surface area contributed by atoms with Gasteiger partial charge in [0.15, 0.2) is 22.7 Å². The molecule has 17 heteroatoms. The number of nitrogens with zero attached hydrogens (tertiary/aromatic N) is 10. The van der Waals surface area contributed by atoms with Gasteiger partial charge in [-0.25, -0.2) is 37.9 Å². The van der Waals surface area contributed by atoms with Crippen molar-refractivity contribution in [2.75, 3.05) is 26.4 Å². The number of aryl methyl sites for hydroxylation is 2. The normalized spacial score (nSPS) is 11.2. The molecule has 172 valence electrons. The quantitative estimate of drug-likeness (QED) is 0.191. The number of aromatic nitrogens is 10. The van der Waals surface area contributed by atoms with Crippen molar-refractivity contribution in [2.45, 2.75) is 0 Å². The molecular weight excluding hydrogens is 444 g/mol. The van der Waals surface area contributed by atoms with Crippen LogP contribution in [0.5, 0.6) is 0 Å². The van der Waals surface area contributed by atoms with Crippen molar-refractivity contribution < 1.29 is 23.8 Å². The zero-order chi connectivity index (χ0) is 23.5. The number of hydrogen-bond acceptors (Lipinski definition) is 13. The van der Waals surface area contributed by atoms with Crippen molar-refractivity contribution in [3.8, 4) is 0 Å². The molecule has 17 nitrogen and oxygen atoms in total. The molecule has 0 saturated heterocycles. The van der Waals surface area contributed by atoms with E-state index in [1.807, 2.05) is 0 Å². The van der Waals surface area contributed by atoms with Gasteiger partial charge in [-0.1, -0.05) is 10.4 Å². The van der Waals surface area contributed by atoms with Gasteiger partial charge in [0, 0.05) is 14.1 Å². The molecule has 33 heavy (non-hydrogen) atoms. The molecular formula is C16H16N10O7. The Bertz CT molecular complexity index is 1360. The van der Waals surface area contributed by atoms with Gasteiger partial charge in [0.05, 0.1) is 13.2 Å². The fourth-order valence-corrected chi connectivity index (χ4v) is 2.68. The van der Waals surface area contributed by atoms with Crippen LogP contribution in [0.25, 0.3) is 11.3 Å². The van der Waals surface area contributed by atoms with Gasteiger partial charge in [-0.05, 0) is 0 Å². The van der Waals surface area contributed by atoms with Crippen molar-refractivity contribution in [1.82, 2.24) is 48.8 Å². The molecule has 0 aromatic carbocycles. The highest BCUT2D eigenvalue weighted by Crippen LogP contribution is 2.06. The van der Waals surface area contributed by atoms with Gasteiger partial charge >= 0.3 is 23.3 Å². The van der Waals surface area contributed by atoms with E-state index in [-0.39, 0.29) is 49.1 Å². The van der Waals surface area contributed by atoms with E-state index in [1.54, 1.807) is 0 Å². The van der Waals surface area contributed by atoms with Gasteiger partial charge in [0.25, 0.3) is 0 Å².